The Morgan fingerprint density at radius 3 is 3.06 bits per heavy atom. The number of aliphatic hydroxyl groups is 1. The fourth-order valence-corrected chi connectivity index (χ4v) is 2.05. The van der Waals surface area contributed by atoms with Gasteiger partial charge >= 0.3 is 0 Å². The molecule has 0 aromatic heterocycles. The molecule has 0 unspecified atom stereocenters. The van der Waals surface area contributed by atoms with Gasteiger partial charge in [-0.05, 0) is 13.8 Å². The molecule has 2 amide bonds. The van der Waals surface area contributed by atoms with Gasteiger partial charge in [0.05, 0.1) is 17.9 Å². The summed E-state index contributed by atoms with van der Waals surface area (Å²) in [4.78, 5) is 26.8. The van der Waals surface area contributed by atoms with Gasteiger partial charge in [0, 0.05) is 13.0 Å². The lowest BCUT2D eigenvalue weighted by atomic mass is 10.2. The predicted octanol–water partition coefficient (Wildman–Crippen LogP) is -0.519. The molecular weight excluding hydrogens is 242 g/mol. The number of rotatable bonds is 4. The van der Waals surface area contributed by atoms with Gasteiger partial charge in [-0.15, -0.1) is 0 Å². The lowest BCUT2D eigenvalue weighted by Crippen LogP contribution is -2.37. The monoisotopic (exact) mass is 259 g/mol. The number of hydrogen-bond donors (Lipinski definition) is 3. The van der Waals surface area contributed by atoms with Crippen molar-refractivity contribution >= 4 is 28.7 Å². The highest BCUT2D eigenvalue weighted by atomic mass is 32.2. The molecule has 2 atom stereocenters. The van der Waals surface area contributed by atoms with Crippen LogP contribution in [0.4, 0.5) is 0 Å². The Bertz CT molecular complexity index is 331. The van der Waals surface area contributed by atoms with Crippen LogP contribution in [0.15, 0.2) is 4.99 Å². The zero-order chi connectivity index (χ0) is 12.8. The summed E-state index contributed by atoms with van der Waals surface area (Å²) in [5.74, 6) is -0.0797. The number of hydrogen-bond acceptors (Lipinski definition) is 5. The van der Waals surface area contributed by atoms with Gasteiger partial charge in [-0.3, -0.25) is 14.6 Å². The molecule has 17 heavy (non-hydrogen) atoms. The molecule has 0 bridgehead atoms. The first-order chi connectivity index (χ1) is 7.97. The van der Waals surface area contributed by atoms with Crippen LogP contribution in [0, 0.1) is 0 Å². The van der Waals surface area contributed by atoms with Gasteiger partial charge < -0.3 is 15.7 Å². The fourth-order valence-electron chi connectivity index (χ4n) is 1.24. The molecule has 0 saturated carbocycles. The van der Waals surface area contributed by atoms with Gasteiger partial charge in [-0.2, -0.15) is 0 Å². The third kappa shape index (κ3) is 5.69. The van der Waals surface area contributed by atoms with E-state index in [2.05, 4.69) is 15.6 Å². The van der Waals surface area contributed by atoms with E-state index in [1.807, 2.05) is 6.92 Å². The minimum atomic E-state index is -0.560. The van der Waals surface area contributed by atoms with E-state index in [1.165, 1.54) is 11.8 Å². The van der Waals surface area contributed by atoms with Gasteiger partial charge in [0.25, 0.3) is 0 Å². The first-order valence-corrected chi connectivity index (χ1v) is 6.41. The summed E-state index contributed by atoms with van der Waals surface area (Å²) in [5, 5.41) is 14.7. The quantitative estimate of drug-likeness (QED) is 0.633. The van der Waals surface area contributed by atoms with Crippen molar-refractivity contribution < 1.29 is 14.7 Å². The van der Waals surface area contributed by atoms with E-state index in [0.29, 0.717) is 11.6 Å². The van der Waals surface area contributed by atoms with Crippen LogP contribution in [-0.2, 0) is 9.59 Å². The molecule has 0 spiro atoms. The maximum absolute atomic E-state index is 11.3. The van der Waals surface area contributed by atoms with Crippen molar-refractivity contribution in [3.8, 4) is 0 Å². The van der Waals surface area contributed by atoms with Crippen molar-refractivity contribution in [1.29, 1.82) is 0 Å². The van der Waals surface area contributed by atoms with Gasteiger partial charge in [-0.1, -0.05) is 11.8 Å². The van der Waals surface area contributed by atoms with Gasteiger partial charge in [0.2, 0.25) is 11.8 Å². The van der Waals surface area contributed by atoms with E-state index >= 15 is 0 Å². The molecule has 1 heterocycles. The summed E-state index contributed by atoms with van der Waals surface area (Å²) < 4.78 is 0. The van der Waals surface area contributed by atoms with Crippen LogP contribution in [0.5, 0.6) is 0 Å². The molecular formula is C10H17N3O3S. The summed E-state index contributed by atoms with van der Waals surface area (Å²) in [6.07, 6.45) is -0.172. The summed E-state index contributed by atoms with van der Waals surface area (Å²) in [7, 11) is 0. The molecule has 6 nitrogen and oxygen atoms in total. The number of thioether (sulfide) groups is 1. The summed E-state index contributed by atoms with van der Waals surface area (Å²) in [6, 6.07) is -0.0354. The number of amidine groups is 1. The van der Waals surface area contributed by atoms with Crippen molar-refractivity contribution in [2.75, 3.05) is 12.3 Å². The fraction of sp³-hybridized carbons (Fsp3) is 0.700. The largest absolute Gasteiger partial charge is 0.392 e. The van der Waals surface area contributed by atoms with Crippen LogP contribution < -0.4 is 10.6 Å². The second-order valence-electron chi connectivity index (χ2n) is 3.98. The SMILES string of the molecule is C[C@@H]1CC(=O)NC(SCC(=O)NC[C@@H](C)O)=N1. The molecule has 0 fully saturated rings. The topological polar surface area (TPSA) is 90.8 Å². The highest BCUT2D eigenvalue weighted by molar-refractivity contribution is 8.14. The lowest BCUT2D eigenvalue weighted by molar-refractivity contribution is -0.120. The standard InChI is InChI=1S/C10H17N3O3S/c1-6-3-8(15)13-10(12-6)17-5-9(16)11-4-7(2)14/h6-7,14H,3-5H2,1-2H3,(H,11,16)(H,12,13,15)/t6-,7-/m1/s1. The van der Waals surface area contributed by atoms with Crippen LogP contribution in [0.3, 0.4) is 0 Å². The smallest absolute Gasteiger partial charge is 0.230 e. The van der Waals surface area contributed by atoms with Crippen LogP contribution >= 0.6 is 11.8 Å². The number of carbonyl (C=O) groups excluding carboxylic acids is 2. The Morgan fingerprint density at radius 1 is 1.76 bits per heavy atom. The molecule has 3 N–H and O–H groups in total. The second kappa shape index (κ2) is 6.61. The molecule has 0 aromatic rings. The van der Waals surface area contributed by atoms with Crippen molar-refractivity contribution in [2.24, 2.45) is 4.99 Å². The Hall–Kier alpha value is -1.08. The minimum Gasteiger partial charge on any atom is -0.392 e. The zero-order valence-electron chi connectivity index (χ0n) is 9.90. The third-order valence-electron chi connectivity index (χ3n) is 2.00. The molecule has 96 valence electrons. The number of aliphatic hydroxyl groups excluding tert-OH is 1. The zero-order valence-corrected chi connectivity index (χ0v) is 10.7. The third-order valence-corrected chi connectivity index (χ3v) is 2.89. The predicted molar refractivity (Wildman–Crippen MR) is 66.8 cm³/mol. The molecule has 1 rings (SSSR count). The summed E-state index contributed by atoms with van der Waals surface area (Å²) in [6.45, 7) is 3.68. The Balaban J connectivity index is 2.30. The van der Waals surface area contributed by atoms with Crippen LogP contribution in [-0.4, -0.2) is 46.5 Å². The highest BCUT2D eigenvalue weighted by Crippen LogP contribution is 2.10. The average Bonchev–Trinajstić information content (AvgIpc) is 2.22. The van der Waals surface area contributed by atoms with Crippen molar-refractivity contribution in [3.05, 3.63) is 0 Å². The van der Waals surface area contributed by atoms with Crippen LogP contribution in [0.25, 0.3) is 0 Å². The molecule has 1 aliphatic rings. The highest BCUT2D eigenvalue weighted by Gasteiger charge is 2.18. The van der Waals surface area contributed by atoms with E-state index in [-0.39, 0.29) is 30.2 Å². The Kier molecular flexibility index (Phi) is 5.43. The van der Waals surface area contributed by atoms with Crippen molar-refractivity contribution in [1.82, 2.24) is 10.6 Å². The number of nitrogens with zero attached hydrogens (tertiary/aromatic N) is 1. The lowest BCUT2D eigenvalue weighted by Gasteiger charge is -2.17. The molecule has 0 radical (unpaired) electrons. The van der Waals surface area contributed by atoms with Crippen molar-refractivity contribution in [2.45, 2.75) is 32.4 Å². The number of amides is 2. The van der Waals surface area contributed by atoms with E-state index in [1.54, 1.807) is 6.92 Å². The average molecular weight is 259 g/mol. The van der Waals surface area contributed by atoms with E-state index in [0.717, 1.165) is 0 Å². The van der Waals surface area contributed by atoms with Crippen molar-refractivity contribution in [3.63, 3.8) is 0 Å². The second-order valence-corrected chi connectivity index (χ2v) is 4.94. The minimum absolute atomic E-state index is 0.0354. The number of nitrogens with one attached hydrogen (secondary N) is 2. The van der Waals surface area contributed by atoms with Crippen LogP contribution in [0.2, 0.25) is 0 Å². The van der Waals surface area contributed by atoms with Gasteiger partial charge in [0.15, 0.2) is 5.17 Å². The summed E-state index contributed by atoms with van der Waals surface area (Å²) >= 11 is 1.19. The molecule has 7 heteroatoms. The number of aliphatic imine (C=N–C) groups is 1. The van der Waals surface area contributed by atoms with E-state index in [4.69, 9.17) is 5.11 Å². The maximum atomic E-state index is 11.3. The van der Waals surface area contributed by atoms with Crippen LogP contribution in [0.1, 0.15) is 20.3 Å². The maximum Gasteiger partial charge on any atom is 0.230 e. The van der Waals surface area contributed by atoms with E-state index < -0.39 is 6.10 Å². The Labute approximate surface area is 104 Å². The molecule has 0 aliphatic carbocycles. The molecule has 0 aromatic carbocycles. The normalized spacial score (nSPS) is 21.5. The number of carbonyl (C=O) groups is 2. The first kappa shape index (κ1) is 14.0. The molecule has 1 aliphatic heterocycles. The first-order valence-electron chi connectivity index (χ1n) is 5.42. The van der Waals surface area contributed by atoms with E-state index in [9.17, 15) is 9.59 Å². The van der Waals surface area contributed by atoms with Gasteiger partial charge in [-0.25, -0.2) is 0 Å². The molecule has 0 saturated heterocycles. The Morgan fingerprint density at radius 2 is 2.47 bits per heavy atom. The van der Waals surface area contributed by atoms with Gasteiger partial charge in [0.1, 0.15) is 0 Å². The summed E-state index contributed by atoms with van der Waals surface area (Å²) in [5.41, 5.74) is 0.